The third-order valence-corrected chi connectivity index (χ3v) is 3.10. The van der Waals surface area contributed by atoms with Gasteiger partial charge in [0.1, 0.15) is 0 Å². The number of aliphatic carboxylic acids is 1. The minimum absolute atomic E-state index is 0.258. The summed E-state index contributed by atoms with van der Waals surface area (Å²) >= 11 is 0. The molecular formula is C15H23NO2. The fraction of sp³-hybridized carbons (Fsp3) is 0.533. The molecule has 1 aromatic carbocycles. The van der Waals surface area contributed by atoms with E-state index in [1.54, 1.807) is 0 Å². The largest absolute Gasteiger partial charge is 0.481 e. The molecule has 0 unspecified atom stereocenters. The summed E-state index contributed by atoms with van der Waals surface area (Å²) < 4.78 is 0. The predicted octanol–water partition coefficient (Wildman–Crippen LogP) is 2.80. The molecule has 1 N–H and O–H groups in total. The van der Waals surface area contributed by atoms with Gasteiger partial charge in [0.15, 0.2) is 0 Å². The Labute approximate surface area is 109 Å². The maximum absolute atomic E-state index is 10.5. The first-order valence-electron chi connectivity index (χ1n) is 6.59. The Morgan fingerprint density at radius 2 is 1.89 bits per heavy atom. The van der Waals surface area contributed by atoms with Crippen LogP contribution in [-0.4, -0.2) is 35.1 Å². The monoisotopic (exact) mass is 249 g/mol. The van der Waals surface area contributed by atoms with Crippen LogP contribution in [0.15, 0.2) is 30.3 Å². The fourth-order valence-corrected chi connectivity index (χ4v) is 1.98. The normalized spacial score (nSPS) is 11.1. The highest BCUT2D eigenvalue weighted by Gasteiger charge is 2.09. The van der Waals surface area contributed by atoms with Gasteiger partial charge in [0, 0.05) is 19.0 Å². The maximum atomic E-state index is 10.5. The molecule has 0 saturated heterocycles. The highest BCUT2D eigenvalue weighted by atomic mass is 16.4. The van der Waals surface area contributed by atoms with Gasteiger partial charge in [-0.05, 0) is 38.8 Å². The van der Waals surface area contributed by atoms with Crippen molar-refractivity contribution in [1.29, 1.82) is 0 Å². The van der Waals surface area contributed by atoms with Crippen LogP contribution in [0.3, 0.4) is 0 Å². The molecule has 0 aliphatic carbocycles. The molecule has 3 heteroatoms. The van der Waals surface area contributed by atoms with Crippen LogP contribution in [0.2, 0.25) is 0 Å². The molecule has 0 bridgehead atoms. The predicted molar refractivity (Wildman–Crippen MR) is 73.7 cm³/mol. The third-order valence-electron chi connectivity index (χ3n) is 3.10. The van der Waals surface area contributed by atoms with E-state index in [1.165, 1.54) is 5.56 Å². The van der Waals surface area contributed by atoms with Crippen molar-refractivity contribution in [2.24, 2.45) is 0 Å². The highest BCUT2D eigenvalue weighted by molar-refractivity contribution is 5.66. The van der Waals surface area contributed by atoms with E-state index >= 15 is 0 Å². The van der Waals surface area contributed by atoms with Crippen molar-refractivity contribution in [1.82, 2.24) is 4.90 Å². The first-order chi connectivity index (χ1) is 8.59. The number of hydrogen-bond donors (Lipinski definition) is 1. The smallest absolute Gasteiger partial charge is 0.303 e. The lowest BCUT2D eigenvalue weighted by atomic mass is 10.1. The molecule has 0 radical (unpaired) electrons. The molecule has 100 valence electrons. The summed E-state index contributed by atoms with van der Waals surface area (Å²) in [6, 6.07) is 10.9. The Kier molecular flexibility index (Phi) is 6.44. The Bertz CT molecular complexity index is 349. The summed E-state index contributed by atoms with van der Waals surface area (Å²) in [5, 5.41) is 8.65. The summed E-state index contributed by atoms with van der Waals surface area (Å²) in [6.45, 7) is 6.16. The van der Waals surface area contributed by atoms with Gasteiger partial charge < -0.3 is 10.0 Å². The standard InChI is InChI=1S/C15H23NO2/c1-13(2)16(11-6-9-15(17)18)12-10-14-7-4-3-5-8-14/h3-5,7-8,13H,6,9-12H2,1-2H3,(H,17,18). The molecule has 0 fully saturated rings. The van der Waals surface area contributed by atoms with E-state index in [4.69, 9.17) is 5.11 Å². The number of carbonyl (C=O) groups is 1. The molecule has 0 heterocycles. The van der Waals surface area contributed by atoms with Crippen molar-refractivity contribution in [2.45, 2.75) is 39.2 Å². The lowest BCUT2D eigenvalue weighted by molar-refractivity contribution is -0.137. The van der Waals surface area contributed by atoms with Crippen LogP contribution in [0.25, 0.3) is 0 Å². The van der Waals surface area contributed by atoms with Gasteiger partial charge in [0.25, 0.3) is 0 Å². The van der Waals surface area contributed by atoms with E-state index in [0.29, 0.717) is 6.04 Å². The lowest BCUT2D eigenvalue weighted by Gasteiger charge is -2.26. The summed E-state index contributed by atoms with van der Waals surface area (Å²) in [4.78, 5) is 12.9. The van der Waals surface area contributed by atoms with Crippen LogP contribution in [0.4, 0.5) is 0 Å². The molecule has 3 nitrogen and oxygen atoms in total. The van der Waals surface area contributed by atoms with Crippen LogP contribution in [0, 0.1) is 0 Å². The molecule has 0 amide bonds. The van der Waals surface area contributed by atoms with Crippen LogP contribution >= 0.6 is 0 Å². The second-order valence-corrected chi connectivity index (χ2v) is 4.86. The summed E-state index contributed by atoms with van der Waals surface area (Å²) in [7, 11) is 0. The van der Waals surface area contributed by atoms with Gasteiger partial charge in [0.2, 0.25) is 0 Å². The highest BCUT2D eigenvalue weighted by Crippen LogP contribution is 2.06. The van der Waals surface area contributed by atoms with Crippen molar-refractivity contribution in [3.63, 3.8) is 0 Å². The minimum Gasteiger partial charge on any atom is -0.481 e. The Morgan fingerprint density at radius 3 is 2.44 bits per heavy atom. The maximum Gasteiger partial charge on any atom is 0.303 e. The molecule has 1 rings (SSSR count). The molecule has 1 aromatic rings. The zero-order valence-corrected chi connectivity index (χ0v) is 11.3. The fourth-order valence-electron chi connectivity index (χ4n) is 1.98. The van der Waals surface area contributed by atoms with Gasteiger partial charge in [-0.2, -0.15) is 0 Å². The number of benzene rings is 1. The van der Waals surface area contributed by atoms with E-state index in [-0.39, 0.29) is 6.42 Å². The Morgan fingerprint density at radius 1 is 1.22 bits per heavy atom. The van der Waals surface area contributed by atoms with E-state index < -0.39 is 5.97 Å². The Hall–Kier alpha value is -1.35. The van der Waals surface area contributed by atoms with E-state index in [0.717, 1.165) is 25.9 Å². The number of rotatable bonds is 8. The quantitative estimate of drug-likeness (QED) is 0.770. The average Bonchev–Trinajstić information content (AvgIpc) is 2.34. The van der Waals surface area contributed by atoms with Crippen LogP contribution in [0.1, 0.15) is 32.3 Å². The molecule has 0 aliphatic heterocycles. The van der Waals surface area contributed by atoms with E-state index in [1.807, 2.05) is 6.07 Å². The first kappa shape index (κ1) is 14.7. The molecule has 0 saturated carbocycles. The van der Waals surface area contributed by atoms with Crippen molar-refractivity contribution < 1.29 is 9.90 Å². The lowest BCUT2D eigenvalue weighted by Crippen LogP contribution is -2.34. The van der Waals surface area contributed by atoms with Crippen molar-refractivity contribution >= 4 is 5.97 Å². The van der Waals surface area contributed by atoms with Crippen molar-refractivity contribution in [2.75, 3.05) is 13.1 Å². The molecule has 0 aliphatic rings. The minimum atomic E-state index is -0.707. The molecule has 0 atom stereocenters. The van der Waals surface area contributed by atoms with Gasteiger partial charge in [-0.25, -0.2) is 0 Å². The second kappa shape index (κ2) is 7.88. The van der Waals surface area contributed by atoms with Gasteiger partial charge in [-0.3, -0.25) is 4.79 Å². The second-order valence-electron chi connectivity index (χ2n) is 4.86. The molecule has 0 spiro atoms. The van der Waals surface area contributed by atoms with Crippen molar-refractivity contribution in [3.05, 3.63) is 35.9 Å². The summed E-state index contributed by atoms with van der Waals surface area (Å²) in [5.74, 6) is -0.707. The number of nitrogens with zero attached hydrogens (tertiary/aromatic N) is 1. The number of hydrogen-bond acceptors (Lipinski definition) is 2. The van der Waals surface area contributed by atoms with Crippen LogP contribution < -0.4 is 0 Å². The SMILES string of the molecule is CC(C)N(CCCC(=O)O)CCc1ccccc1. The molecule has 0 aromatic heterocycles. The topological polar surface area (TPSA) is 40.5 Å². The first-order valence-corrected chi connectivity index (χ1v) is 6.59. The zero-order valence-electron chi connectivity index (χ0n) is 11.3. The third kappa shape index (κ3) is 5.82. The van der Waals surface area contributed by atoms with Crippen LogP contribution in [-0.2, 0) is 11.2 Å². The van der Waals surface area contributed by atoms with Crippen molar-refractivity contribution in [3.8, 4) is 0 Å². The Balaban J connectivity index is 2.36. The number of carboxylic acid groups (broad SMARTS) is 1. The van der Waals surface area contributed by atoms with E-state index in [2.05, 4.69) is 43.0 Å². The molecular weight excluding hydrogens is 226 g/mol. The molecule has 18 heavy (non-hydrogen) atoms. The van der Waals surface area contributed by atoms with Gasteiger partial charge >= 0.3 is 5.97 Å². The van der Waals surface area contributed by atoms with Gasteiger partial charge in [-0.1, -0.05) is 30.3 Å². The summed E-state index contributed by atoms with van der Waals surface area (Å²) in [5.41, 5.74) is 1.33. The number of carboxylic acids is 1. The van der Waals surface area contributed by atoms with Crippen LogP contribution in [0.5, 0.6) is 0 Å². The zero-order chi connectivity index (χ0) is 13.4. The van der Waals surface area contributed by atoms with E-state index in [9.17, 15) is 4.79 Å². The van der Waals surface area contributed by atoms with Gasteiger partial charge in [-0.15, -0.1) is 0 Å². The average molecular weight is 249 g/mol. The van der Waals surface area contributed by atoms with Gasteiger partial charge in [0.05, 0.1) is 0 Å². The summed E-state index contributed by atoms with van der Waals surface area (Å²) in [6.07, 6.45) is 2.00.